The van der Waals surface area contributed by atoms with Crippen molar-refractivity contribution in [3.8, 4) is 0 Å². The number of fused-ring (bicyclic) bond motifs is 4. The minimum atomic E-state index is -1.31. The largest absolute Gasteiger partial charge is 0.369 e. The number of para-hydroxylation sites is 2. The third kappa shape index (κ3) is 2.45. The molecule has 4 atom stereocenters. The third-order valence-electron chi connectivity index (χ3n) is 6.88. The fourth-order valence-electron chi connectivity index (χ4n) is 5.72. The molecule has 3 heterocycles. The van der Waals surface area contributed by atoms with E-state index in [1.54, 1.807) is 29.6 Å². The van der Waals surface area contributed by atoms with E-state index >= 15 is 0 Å². The number of aryl methyl sites for hydroxylation is 2. The van der Waals surface area contributed by atoms with E-state index in [0.29, 0.717) is 16.9 Å². The zero-order valence-electron chi connectivity index (χ0n) is 17.2. The van der Waals surface area contributed by atoms with Gasteiger partial charge in [0.25, 0.3) is 5.91 Å². The molecule has 2 fully saturated rings. The van der Waals surface area contributed by atoms with E-state index in [1.807, 2.05) is 32.0 Å². The summed E-state index contributed by atoms with van der Waals surface area (Å²) in [5, 5.41) is 4.58. The predicted octanol–water partition coefficient (Wildman–Crippen LogP) is 0.0776. The van der Waals surface area contributed by atoms with E-state index in [2.05, 4.69) is 5.32 Å². The molecule has 0 aliphatic carbocycles. The van der Waals surface area contributed by atoms with Crippen molar-refractivity contribution in [2.45, 2.75) is 31.8 Å². The number of primary amides is 1. The lowest BCUT2D eigenvalue weighted by molar-refractivity contribution is -0.732. The van der Waals surface area contributed by atoms with Gasteiger partial charge >= 0.3 is 0 Å². The van der Waals surface area contributed by atoms with Crippen LogP contribution in [0.25, 0.3) is 0 Å². The molecule has 0 saturated carbocycles. The summed E-state index contributed by atoms with van der Waals surface area (Å²) in [5.74, 6) is -3.47. The van der Waals surface area contributed by atoms with E-state index in [4.69, 9.17) is 5.73 Å². The van der Waals surface area contributed by atoms with Gasteiger partial charge < -0.3 is 16.4 Å². The summed E-state index contributed by atoms with van der Waals surface area (Å²) in [6.45, 7) is 3.69. The van der Waals surface area contributed by atoms with Crippen LogP contribution in [0, 0.1) is 25.7 Å². The Morgan fingerprint density at radius 3 is 2.42 bits per heavy atom. The van der Waals surface area contributed by atoms with Gasteiger partial charge in [-0.1, -0.05) is 36.4 Å². The number of quaternary nitrogens is 1. The molecule has 0 unspecified atom stereocenters. The molecular weight excluding hydrogens is 396 g/mol. The number of nitrogens with one attached hydrogen (secondary N) is 1. The topological polar surface area (TPSA) is 126 Å². The Balaban J connectivity index is 1.71. The summed E-state index contributed by atoms with van der Waals surface area (Å²) < 4.78 is 0. The minimum Gasteiger partial charge on any atom is -0.369 e. The van der Waals surface area contributed by atoms with Crippen LogP contribution in [-0.4, -0.2) is 29.7 Å². The maximum Gasteiger partial charge on any atom is 0.291 e. The van der Waals surface area contributed by atoms with E-state index in [9.17, 15) is 19.2 Å². The lowest BCUT2D eigenvalue weighted by Gasteiger charge is -2.27. The number of benzene rings is 2. The van der Waals surface area contributed by atoms with Crippen molar-refractivity contribution in [1.29, 1.82) is 0 Å². The van der Waals surface area contributed by atoms with Gasteiger partial charge in [0.15, 0.2) is 0 Å². The van der Waals surface area contributed by atoms with Crippen LogP contribution in [0.15, 0.2) is 42.5 Å². The number of anilines is 2. The number of hydrogen-bond donors (Lipinski definition) is 3. The average molecular weight is 419 g/mol. The lowest BCUT2D eigenvalue weighted by atomic mass is 9.76. The second-order valence-corrected chi connectivity index (χ2v) is 8.63. The van der Waals surface area contributed by atoms with Crippen LogP contribution < -0.4 is 21.3 Å². The zero-order chi connectivity index (χ0) is 22.1. The normalized spacial score (nSPS) is 28.8. The number of rotatable bonds is 3. The molecule has 4 amide bonds. The van der Waals surface area contributed by atoms with Gasteiger partial charge in [-0.15, -0.1) is 0 Å². The molecule has 2 aromatic rings. The number of nitrogens with zero attached hydrogens (tertiary/aromatic N) is 1. The highest BCUT2D eigenvalue weighted by Crippen LogP contribution is 2.50. The van der Waals surface area contributed by atoms with Crippen LogP contribution in [0.5, 0.6) is 0 Å². The van der Waals surface area contributed by atoms with E-state index in [1.165, 1.54) is 4.90 Å². The van der Waals surface area contributed by atoms with Gasteiger partial charge in [0.1, 0.15) is 17.9 Å². The van der Waals surface area contributed by atoms with Crippen LogP contribution in [0.4, 0.5) is 11.4 Å². The quantitative estimate of drug-likeness (QED) is 0.609. The van der Waals surface area contributed by atoms with E-state index in [0.717, 1.165) is 11.1 Å². The second-order valence-electron chi connectivity index (χ2n) is 8.63. The van der Waals surface area contributed by atoms with E-state index in [-0.39, 0.29) is 18.2 Å². The monoisotopic (exact) mass is 419 g/mol. The summed E-state index contributed by atoms with van der Waals surface area (Å²) in [6.07, 6.45) is -0.0992. The Bertz CT molecular complexity index is 1160. The molecule has 8 heteroatoms. The molecule has 2 aromatic carbocycles. The predicted molar refractivity (Wildman–Crippen MR) is 112 cm³/mol. The smallest absolute Gasteiger partial charge is 0.291 e. The van der Waals surface area contributed by atoms with Crippen molar-refractivity contribution in [2.75, 3.05) is 10.2 Å². The van der Waals surface area contributed by atoms with Crippen molar-refractivity contribution in [3.05, 3.63) is 59.2 Å². The Labute approximate surface area is 178 Å². The molecule has 2 saturated heterocycles. The Hall–Kier alpha value is -3.52. The van der Waals surface area contributed by atoms with Crippen molar-refractivity contribution < 1.29 is 24.5 Å². The average Bonchev–Trinajstić information content (AvgIpc) is 3.28. The van der Waals surface area contributed by atoms with Crippen LogP contribution in [-0.2, 0) is 24.7 Å². The molecule has 0 aromatic heterocycles. The first-order valence-electron chi connectivity index (χ1n) is 10.3. The highest BCUT2D eigenvalue weighted by Gasteiger charge is 2.74. The van der Waals surface area contributed by atoms with Crippen LogP contribution >= 0.6 is 0 Å². The first kappa shape index (κ1) is 19.4. The summed E-state index contributed by atoms with van der Waals surface area (Å²) in [4.78, 5) is 53.8. The zero-order valence-corrected chi connectivity index (χ0v) is 17.2. The van der Waals surface area contributed by atoms with Crippen molar-refractivity contribution in [1.82, 2.24) is 0 Å². The number of carbonyl (C=O) groups excluding carboxylic acids is 4. The number of hydrogen-bond acceptors (Lipinski definition) is 4. The molecule has 3 aliphatic rings. The van der Waals surface area contributed by atoms with Gasteiger partial charge in [0, 0.05) is 5.56 Å². The van der Waals surface area contributed by atoms with Gasteiger partial charge in [0.2, 0.25) is 23.3 Å². The number of amides is 4. The standard InChI is InChI=1S/C23H22N4O4/c1-11-6-5-7-12(2)19(11)27-20(29)17-15(10-16(24)28)26-23(18(17)21(27)30)13-8-3-4-9-14(13)25-22(23)31/h3-9,15,17-18,26H,10H2,1-2H3,(H2,24,28)(H,25,31)/p+1/t15-,17+,18-,23-/m0/s1. The maximum atomic E-state index is 13.8. The van der Waals surface area contributed by atoms with Crippen LogP contribution in [0.3, 0.4) is 0 Å². The minimum absolute atomic E-state index is 0.0992. The van der Waals surface area contributed by atoms with Crippen molar-refractivity contribution in [3.63, 3.8) is 0 Å². The summed E-state index contributed by atoms with van der Waals surface area (Å²) in [7, 11) is 0. The highest BCUT2D eigenvalue weighted by molar-refractivity contribution is 6.25. The van der Waals surface area contributed by atoms with Gasteiger partial charge in [-0.2, -0.15) is 0 Å². The molecule has 158 valence electrons. The molecule has 1 spiro atoms. The third-order valence-corrected chi connectivity index (χ3v) is 6.88. The molecule has 0 bridgehead atoms. The molecule has 5 N–H and O–H groups in total. The molecule has 5 rings (SSSR count). The summed E-state index contributed by atoms with van der Waals surface area (Å²) in [6, 6.07) is 12.1. The first-order chi connectivity index (χ1) is 14.8. The second kappa shape index (κ2) is 6.49. The Kier molecular flexibility index (Phi) is 4.07. The van der Waals surface area contributed by atoms with Crippen molar-refractivity contribution in [2.24, 2.45) is 17.6 Å². The van der Waals surface area contributed by atoms with Gasteiger partial charge in [-0.05, 0) is 31.0 Å². The number of imide groups is 1. The molecule has 3 aliphatic heterocycles. The Morgan fingerprint density at radius 2 is 1.74 bits per heavy atom. The molecular formula is C23H23N4O4+. The number of nitrogens with two attached hydrogens (primary N) is 2. The van der Waals surface area contributed by atoms with Gasteiger partial charge in [0.05, 0.1) is 17.8 Å². The summed E-state index contributed by atoms with van der Waals surface area (Å²) >= 11 is 0. The SMILES string of the molecule is Cc1cccc(C)c1N1C(=O)[C@@H]2[C@H](CC(N)=O)[NH2+][C@]3(C(=O)Nc4ccccc43)[C@@H]2C1=O. The number of carbonyl (C=O) groups is 4. The lowest BCUT2D eigenvalue weighted by Crippen LogP contribution is -2.99. The molecule has 8 nitrogen and oxygen atoms in total. The van der Waals surface area contributed by atoms with Gasteiger partial charge in [-0.3, -0.25) is 19.2 Å². The molecule has 0 radical (unpaired) electrons. The summed E-state index contributed by atoms with van der Waals surface area (Å²) in [5.41, 5.74) is 7.58. The first-order valence-corrected chi connectivity index (χ1v) is 10.3. The molecule has 31 heavy (non-hydrogen) atoms. The maximum absolute atomic E-state index is 13.8. The Morgan fingerprint density at radius 1 is 1.06 bits per heavy atom. The fourth-order valence-corrected chi connectivity index (χ4v) is 5.72. The van der Waals surface area contributed by atoms with E-state index < -0.39 is 35.2 Å². The highest BCUT2D eigenvalue weighted by atomic mass is 16.2. The fraction of sp³-hybridized carbons (Fsp3) is 0.304. The van der Waals surface area contributed by atoms with Crippen LogP contribution in [0.2, 0.25) is 0 Å². The van der Waals surface area contributed by atoms with Crippen molar-refractivity contribution >= 4 is 35.0 Å². The van der Waals surface area contributed by atoms with Crippen LogP contribution in [0.1, 0.15) is 23.1 Å². The van der Waals surface area contributed by atoms with Gasteiger partial charge in [-0.25, -0.2) is 4.90 Å².